The van der Waals surface area contributed by atoms with Gasteiger partial charge in [-0.3, -0.25) is 0 Å². The molecular formula is C12H17ClFN3. The molecule has 0 aromatic carbocycles. The highest BCUT2D eigenvalue weighted by atomic mass is 35.5. The van der Waals surface area contributed by atoms with Gasteiger partial charge in [-0.25, -0.2) is 9.37 Å². The maximum absolute atomic E-state index is 13.5. The molecule has 0 radical (unpaired) electrons. The van der Waals surface area contributed by atoms with Crippen LogP contribution in [0.5, 0.6) is 0 Å². The zero-order valence-corrected chi connectivity index (χ0v) is 10.7. The van der Waals surface area contributed by atoms with Gasteiger partial charge in [0.05, 0.1) is 5.02 Å². The average molecular weight is 258 g/mol. The van der Waals surface area contributed by atoms with E-state index in [1.807, 2.05) is 6.92 Å². The van der Waals surface area contributed by atoms with Gasteiger partial charge in [0.1, 0.15) is 0 Å². The summed E-state index contributed by atoms with van der Waals surface area (Å²) in [6.45, 7) is 5.24. The van der Waals surface area contributed by atoms with Gasteiger partial charge in [-0.2, -0.15) is 0 Å². The SMILES string of the molecule is CC(CN1CCCC1)Nc1ncc(Cl)cc1F. The third-order valence-corrected chi connectivity index (χ3v) is 3.13. The fraction of sp³-hybridized carbons (Fsp3) is 0.583. The van der Waals surface area contributed by atoms with E-state index in [0.29, 0.717) is 5.02 Å². The molecule has 3 nitrogen and oxygen atoms in total. The molecule has 1 atom stereocenters. The Morgan fingerprint density at radius 1 is 1.53 bits per heavy atom. The zero-order valence-electron chi connectivity index (χ0n) is 9.92. The molecule has 17 heavy (non-hydrogen) atoms. The third-order valence-electron chi connectivity index (χ3n) is 2.92. The van der Waals surface area contributed by atoms with Crippen LogP contribution < -0.4 is 5.32 Å². The van der Waals surface area contributed by atoms with E-state index in [9.17, 15) is 4.39 Å². The van der Waals surface area contributed by atoms with Crippen LogP contribution in [0, 0.1) is 5.82 Å². The molecule has 0 bridgehead atoms. The first kappa shape index (κ1) is 12.6. The van der Waals surface area contributed by atoms with Crippen LogP contribution in [-0.4, -0.2) is 35.6 Å². The van der Waals surface area contributed by atoms with Crippen molar-refractivity contribution in [2.24, 2.45) is 0 Å². The second-order valence-corrected chi connectivity index (χ2v) is 4.97. The molecule has 5 heteroatoms. The molecule has 94 valence electrons. The minimum absolute atomic E-state index is 0.177. The molecule has 1 fully saturated rings. The average Bonchev–Trinajstić information content (AvgIpc) is 2.75. The lowest BCUT2D eigenvalue weighted by molar-refractivity contribution is 0.327. The van der Waals surface area contributed by atoms with Crippen LogP contribution in [0.3, 0.4) is 0 Å². The smallest absolute Gasteiger partial charge is 0.166 e. The number of hydrogen-bond acceptors (Lipinski definition) is 3. The molecular weight excluding hydrogens is 241 g/mol. The molecule has 1 aliphatic rings. The lowest BCUT2D eigenvalue weighted by Gasteiger charge is -2.21. The number of anilines is 1. The van der Waals surface area contributed by atoms with Gasteiger partial charge in [-0.1, -0.05) is 11.6 Å². The van der Waals surface area contributed by atoms with Crippen LogP contribution >= 0.6 is 11.6 Å². The molecule has 1 aliphatic heterocycles. The highest BCUT2D eigenvalue weighted by Crippen LogP contribution is 2.17. The summed E-state index contributed by atoms with van der Waals surface area (Å²) in [4.78, 5) is 6.34. The molecule has 0 amide bonds. The Balaban J connectivity index is 1.90. The molecule has 1 unspecified atom stereocenters. The van der Waals surface area contributed by atoms with Crippen LogP contribution in [0.4, 0.5) is 10.2 Å². The van der Waals surface area contributed by atoms with E-state index in [2.05, 4.69) is 15.2 Å². The second-order valence-electron chi connectivity index (χ2n) is 4.54. The molecule has 0 saturated carbocycles. The lowest BCUT2D eigenvalue weighted by atomic mass is 10.3. The summed E-state index contributed by atoms with van der Waals surface area (Å²) < 4.78 is 13.5. The van der Waals surface area contributed by atoms with Crippen molar-refractivity contribution in [3.63, 3.8) is 0 Å². The number of likely N-dealkylation sites (tertiary alicyclic amines) is 1. The Morgan fingerprint density at radius 3 is 2.88 bits per heavy atom. The zero-order chi connectivity index (χ0) is 12.3. The van der Waals surface area contributed by atoms with E-state index < -0.39 is 5.82 Å². The van der Waals surface area contributed by atoms with Gasteiger partial charge in [0.2, 0.25) is 0 Å². The second kappa shape index (κ2) is 5.65. The first-order valence-electron chi connectivity index (χ1n) is 5.95. The summed E-state index contributed by atoms with van der Waals surface area (Å²) in [7, 11) is 0. The number of rotatable bonds is 4. The maximum Gasteiger partial charge on any atom is 0.166 e. The fourth-order valence-electron chi connectivity index (χ4n) is 2.15. The highest BCUT2D eigenvalue weighted by Gasteiger charge is 2.15. The Kier molecular flexibility index (Phi) is 4.18. The van der Waals surface area contributed by atoms with Gasteiger partial charge >= 0.3 is 0 Å². The summed E-state index contributed by atoms with van der Waals surface area (Å²) in [5, 5.41) is 3.40. The molecule has 1 aromatic heterocycles. The van der Waals surface area contributed by atoms with Gasteiger partial charge in [-0.15, -0.1) is 0 Å². The Bertz CT molecular complexity index is 380. The normalized spacial score (nSPS) is 18.3. The summed E-state index contributed by atoms with van der Waals surface area (Å²) in [5.41, 5.74) is 0. The highest BCUT2D eigenvalue weighted by molar-refractivity contribution is 6.30. The van der Waals surface area contributed by atoms with E-state index in [4.69, 9.17) is 11.6 Å². The largest absolute Gasteiger partial charge is 0.364 e. The fourth-order valence-corrected chi connectivity index (χ4v) is 2.30. The van der Waals surface area contributed by atoms with Gasteiger partial charge in [0.15, 0.2) is 11.6 Å². The summed E-state index contributed by atoms with van der Waals surface area (Å²) in [6, 6.07) is 1.45. The summed E-state index contributed by atoms with van der Waals surface area (Å²) in [5.74, 6) is -0.119. The van der Waals surface area contributed by atoms with E-state index in [1.165, 1.54) is 25.1 Å². The maximum atomic E-state index is 13.5. The van der Waals surface area contributed by atoms with Crippen molar-refractivity contribution in [1.29, 1.82) is 0 Å². The van der Waals surface area contributed by atoms with E-state index in [1.54, 1.807) is 0 Å². The molecule has 1 saturated heterocycles. The van der Waals surface area contributed by atoms with Gasteiger partial charge in [-0.05, 0) is 38.9 Å². The van der Waals surface area contributed by atoms with E-state index in [-0.39, 0.29) is 11.9 Å². The molecule has 2 rings (SSSR count). The number of nitrogens with zero attached hydrogens (tertiary/aromatic N) is 2. The van der Waals surface area contributed by atoms with Crippen molar-refractivity contribution in [2.75, 3.05) is 25.0 Å². The molecule has 1 aromatic rings. The lowest BCUT2D eigenvalue weighted by Crippen LogP contribution is -2.33. The molecule has 0 aliphatic carbocycles. The molecule has 0 spiro atoms. The van der Waals surface area contributed by atoms with Crippen LogP contribution in [0.15, 0.2) is 12.3 Å². The monoisotopic (exact) mass is 257 g/mol. The van der Waals surface area contributed by atoms with Gasteiger partial charge in [0, 0.05) is 18.8 Å². The molecule has 1 N–H and O–H groups in total. The number of nitrogens with one attached hydrogen (secondary N) is 1. The minimum atomic E-state index is -0.397. The standard InChI is InChI=1S/C12H17ClFN3/c1-9(8-17-4-2-3-5-17)16-12-11(14)6-10(13)7-15-12/h6-7,9H,2-5,8H2,1H3,(H,15,16). The Morgan fingerprint density at radius 2 is 2.24 bits per heavy atom. The van der Waals surface area contributed by atoms with E-state index in [0.717, 1.165) is 19.6 Å². The Labute approximate surface area is 106 Å². The predicted octanol–water partition coefficient (Wildman–Crippen LogP) is 2.77. The van der Waals surface area contributed by atoms with Crippen LogP contribution in [-0.2, 0) is 0 Å². The first-order valence-corrected chi connectivity index (χ1v) is 6.33. The predicted molar refractivity (Wildman–Crippen MR) is 68.0 cm³/mol. The molecule has 2 heterocycles. The topological polar surface area (TPSA) is 28.2 Å². The minimum Gasteiger partial charge on any atom is -0.364 e. The van der Waals surface area contributed by atoms with E-state index >= 15 is 0 Å². The Hall–Kier alpha value is -0.870. The third kappa shape index (κ3) is 3.54. The van der Waals surface area contributed by atoms with Crippen LogP contribution in [0.2, 0.25) is 5.02 Å². The number of hydrogen-bond donors (Lipinski definition) is 1. The number of pyridine rings is 1. The van der Waals surface area contributed by atoms with Crippen molar-refractivity contribution in [2.45, 2.75) is 25.8 Å². The van der Waals surface area contributed by atoms with Crippen molar-refractivity contribution in [3.05, 3.63) is 23.1 Å². The van der Waals surface area contributed by atoms with Gasteiger partial charge < -0.3 is 10.2 Å². The van der Waals surface area contributed by atoms with Crippen LogP contribution in [0.1, 0.15) is 19.8 Å². The quantitative estimate of drug-likeness (QED) is 0.899. The number of aromatic nitrogens is 1. The summed E-state index contributed by atoms with van der Waals surface area (Å²) >= 11 is 5.65. The van der Waals surface area contributed by atoms with Crippen LogP contribution in [0.25, 0.3) is 0 Å². The summed E-state index contributed by atoms with van der Waals surface area (Å²) in [6.07, 6.45) is 3.98. The van der Waals surface area contributed by atoms with Crippen molar-refractivity contribution in [3.8, 4) is 0 Å². The van der Waals surface area contributed by atoms with Crippen molar-refractivity contribution in [1.82, 2.24) is 9.88 Å². The van der Waals surface area contributed by atoms with Gasteiger partial charge in [0.25, 0.3) is 0 Å². The number of halogens is 2. The van der Waals surface area contributed by atoms with Crippen molar-refractivity contribution >= 4 is 17.4 Å². The first-order chi connectivity index (χ1) is 8.15. The van der Waals surface area contributed by atoms with Crippen molar-refractivity contribution < 1.29 is 4.39 Å².